The zero-order valence-corrected chi connectivity index (χ0v) is 17.5. The minimum Gasteiger partial charge on any atom is -0.492 e. The van der Waals surface area contributed by atoms with E-state index in [0.717, 1.165) is 49.2 Å². The topological polar surface area (TPSA) is 80.3 Å². The van der Waals surface area contributed by atoms with Gasteiger partial charge in [-0.05, 0) is 37.9 Å². The third-order valence-corrected chi connectivity index (χ3v) is 5.24. The van der Waals surface area contributed by atoms with Gasteiger partial charge < -0.3 is 25.4 Å². The number of aryl methyl sites for hydroxylation is 1. The number of benzene rings is 1. The van der Waals surface area contributed by atoms with Crippen molar-refractivity contribution < 1.29 is 13.9 Å². The molecule has 0 saturated carbocycles. The molecule has 2 aliphatic heterocycles. The number of methoxy groups -OCH3 is 1. The lowest BCUT2D eigenvalue weighted by Crippen LogP contribution is -2.12. The SMILES string of the molecule is COCCNc1cc(C)nc(Nc2cc3c(c(C4=CCNCCC4)c2F)OCC3)n1. The van der Waals surface area contributed by atoms with E-state index in [-0.39, 0.29) is 5.82 Å². The van der Waals surface area contributed by atoms with Gasteiger partial charge in [0.1, 0.15) is 11.6 Å². The van der Waals surface area contributed by atoms with Crippen LogP contribution in [0.5, 0.6) is 5.75 Å². The molecular weight excluding hydrogens is 385 g/mol. The van der Waals surface area contributed by atoms with E-state index in [2.05, 4.69) is 32.0 Å². The molecule has 2 aromatic rings. The number of rotatable bonds is 7. The highest BCUT2D eigenvalue weighted by atomic mass is 19.1. The van der Waals surface area contributed by atoms with Gasteiger partial charge in [-0.25, -0.2) is 9.37 Å². The fraction of sp³-hybridized carbons (Fsp3) is 0.455. The first-order valence-electron chi connectivity index (χ1n) is 10.4. The molecule has 0 spiro atoms. The zero-order valence-electron chi connectivity index (χ0n) is 17.5. The fourth-order valence-electron chi connectivity index (χ4n) is 3.84. The highest BCUT2D eigenvalue weighted by molar-refractivity contribution is 5.78. The second-order valence-electron chi connectivity index (χ2n) is 7.50. The molecule has 0 aliphatic carbocycles. The number of anilines is 3. The maximum Gasteiger partial charge on any atom is 0.229 e. The summed E-state index contributed by atoms with van der Waals surface area (Å²) in [6.45, 7) is 5.32. The summed E-state index contributed by atoms with van der Waals surface area (Å²) in [5.41, 5.74) is 3.74. The van der Waals surface area contributed by atoms with Crippen molar-refractivity contribution in [2.75, 3.05) is 50.6 Å². The zero-order chi connectivity index (χ0) is 20.9. The van der Waals surface area contributed by atoms with Crippen LogP contribution >= 0.6 is 0 Å². The molecule has 0 amide bonds. The van der Waals surface area contributed by atoms with E-state index in [4.69, 9.17) is 9.47 Å². The first-order valence-corrected chi connectivity index (χ1v) is 10.4. The smallest absolute Gasteiger partial charge is 0.229 e. The highest BCUT2D eigenvalue weighted by Crippen LogP contribution is 2.41. The summed E-state index contributed by atoms with van der Waals surface area (Å²) in [7, 11) is 1.65. The number of aromatic nitrogens is 2. The summed E-state index contributed by atoms with van der Waals surface area (Å²) in [4.78, 5) is 8.91. The molecule has 0 radical (unpaired) electrons. The van der Waals surface area contributed by atoms with Crippen LogP contribution in [0.4, 0.5) is 21.8 Å². The molecule has 2 aliphatic rings. The summed E-state index contributed by atoms with van der Waals surface area (Å²) in [5.74, 6) is 1.39. The fourth-order valence-corrected chi connectivity index (χ4v) is 3.84. The molecule has 30 heavy (non-hydrogen) atoms. The minimum atomic E-state index is -0.317. The Hall–Kier alpha value is -2.71. The summed E-state index contributed by atoms with van der Waals surface area (Å²) in [6, 6.07) is 3.67. The van der Waals surface area contributed by atoms with Gasteiger partial charge in [0, 0.05) is 43.9 Å². The quantitative estimate of drug-likeness (QED) is 0.600. The number of nitrogens with zero attached hydrogens (tertiary/aromatic N) is 2. The molecule has 0 atom stereocenters. The number of allylic oxidation sites excluding steroid dienone is 1. The molecular formula is C22H28FN5O2. The highest BCUT2D eigenvalue weighted by Gasteiger charge is 2.26. The minimum absolute atomic E-state index is 0.317. The number of ether oxygens (including phenoxy) is 2. The Kier molecular flexibility index (Phi) is 6.44. The first-order chi connectivity index (χ1) is 14.7. The number of hydrogen-bond donors (Lipinski definition) is 3. The van der Waals surface area contributed by atoms with Gasteiger partial charge in [-0.1, -0.05) is 6.08 Å². The molecule has 1 aromatic heterocycles. The van der Waals surface area contributed by atoms with Crippen LogP contribution in [0, 0.1) is 12.7 Å². The second-order valence-corrected chi connectivity index (χ2v) is 7.50. The summed E-state index contributed by atoms with van der Waals surface area (Å²) in [5, 5.41) is 9.63. The molecule has 0 fully saturated rings. The van der Waals surface area contributed by atoms with Crippen molar-refractivity contribution in [3.05, 3.63) is 40.8 Å². The molecule has 0 unspecified atom stereocenters. The van der Waals surface area contributed by atoms with Crippen molar-refractivity contribution in [2.24, 2.45) is 0 Å². The Balaban J connectivity index is 1.67. The Morgan fingerprint density at radius 1 is 1.27 bits per heavy atom. The van der Waals surface area contributed by atoms with Crippen LogP contribution < -0.4 is 20.7 Å². The van der Waals surface area contributed by atoms with Crippen LogP contribution in [-0.2, 0) is 11.2 Å². The Morgan fingerprint density at radius 3 is 3.03 bits per heavy atom. The molecule has 1 aromatic carbocycles. The van der Waals surface area contributed by atoms with E-state index in [9.17, 15) is 0 Å². The average Bonchev–Trinajstić information content (AvgIpc) is 3.01. The molecule has 3 heterocycles. The van der Waals surface area contributed by atoms with Crippen LogP contribution in [0.15, 0.2) is 18.2 Å². The molecule has 160 valence electrons. The van der Waals surface area contributed by atoms with Gasteiger partial charge in [-0.3, -0.25) is 0 Å². The van der Waals surface area contributed by atoms with E-state index >= 15 is 4.39 Å². The second kappa shape index (κ2) is 9.40. The molecule has 0 saturated heterocycles. The maximum absolute atomic E-state index is 15.7. The monoisotopic (exact) mass is 413 g/mol. The van der Waals surface area contributed by atoms with Gasteiger partial charge in [0.05, 0.1) is 24.5 Å². The number of halogens is 1. The summed E-state index contributed by atoms with van der Waals surface area (Å²) >= 11 is 0. The lowest BCUT2D eigenvalue weighted by molar-refractivity contribution is 0.210. The molecule has 4 rings (SSSR count). The average molecular weight is 413 g/mol. The van der Waals surface area contributed by atoms with Crippen LogP contribution in [-0.4, -0.2) is 49.9 Å². The van der Waals surface area contributed by atoms with Gasteiger partial charge in [0.2, 0.25) is 5.95 Å². The lowest BCUT2D eigenvalue weighted by Gasteiger charge is -2.16. The third kappa shape index (κ3) is 4.55. The summed E-state index contributed by atoms with van der Waals surface area (Å²) in [6.07, 6.45) is 4.62. The van der Waals surface area contributed by atoms with E-state index in [1.165, 1.54) is 0 Å². The largest absolute Gasteiger partial charge is 0.492 e. The van der Waals surface area contributed by atoms with Crippen LogP contribution in [0.3, 0.4) is 0 Å². The van der Waals surface area contributed by atoms with Crippen LogP contribution in [0.2, 0.25) is 0 Å². The van der Waals surface area contributed by atoms with E-state index in [1.54, 1.807) is 7.11 Å². The van der Waals surface area contributed by atoms with Crippen molar-refractivity contribution in [2.45, 2.75) is 26.2 Å². The number of fused-ring (bicyclic) bond motifs is 1. The number of hydrogen-bond acceptors (Lipinski definition) is 7. The van der Waals surface area contributed by atoms with Crippen LogP contribution in [0.25, 0.3) is 5.57 Å². The van der Waals surface area contributed by atoms with Crippen molar-refractivity contribution in [3.8, 4) is 5.75 Å². The molecule has 0 bridgehead atoms. The predicted molar refractivity (Wildman–Crippen MR) is 116 cm³/mol. The van der Waals surface area contributed by atoms with E-state index < -0.39 is 0 Å². The number of nitrogens with one attached hydrogen (secondary N) is 3. The third-order valence-electron chi connectivity index (χ3n) is 5.24. The van der Waals surface area contributed by atoms with E-state index in [0.29, 0.717) is 48.5 Å². The standard InChI is InChI=1S/C22H28FN5O2/c1-14-12-18(25-9-11-29-2)28-22(26-14)27-17-13-16-6-10-30-21(16)19(20(17)23)15-4-3-7-24-8-5-15/h5,12-13,24H,3-4,6-11H2,1-2H3,(H2,25,26,27,28). The van der Waals surface area contributed by atoms with E-state index in [1.807, 2.05) is 19.1 Å². The maximum atomic E-state index is 15.7. The van der Waals surface area contributed by atoms with Gasteiger partial charge in [-0.2, -0.15) is 4.98 Å². The Bertz CT molecular complexity index is 948. The molecule has 7 nitrogen and oxygen atoms in total. The van der Waals surface area contributed by atoms with Gasteiger partial charge in [-0.15, -0.1) is 0 Å². The van der Waals surface area contributed by atoms with Crippen molar-refractivity contribution in [1.29, 1.82) is 0 Å². The van der Waals surface area contributed by atoms with Crippen molar-refractivity contribution in [1.82, 2.24) is 15.3 Å². The van der Waals surface area contributed by atoms with Crippen molar-refractivity contribution >= 4 is 23.0 Å². The first kappa shape index (κ1) is 20.6. The van der Waals surface area contributed by atoms with Crippen molar-refractivity contribution in [3.63, 3.8) is 0 Å². The van der Waals surface area contributed by atoms with Gasteiger partial charge in [0.15, 0.2) is 5.82 Å². The summed E-state index contributed by atoms with van der Waals surface area (Å²) < 4.78 is 26.6. The lowest BCUT2D eigenvalue weighted by atomic mass is 9.96. The predicted octanol–water partition coefficient (Wildman–Crippen LogP) is 3.43. The Labute approximate surface area is 176 Å². The van der Waals surface area contributed by atoms with Gasteiger partial charge >= 0.3 is 0 Å². The molecule has 8 heteroatoms. The van der Waals surface area contributed by atoms with Gasteiger partial charge in [0.25, 0.3) is 0 Å². The molecule has 3 N–H and O–H groups in total. The Morgan fingerprint density at radius 2 is 2.17 bits per heavy atom. The normalized spacial score (nSPS) is 15.8. The van der Waals surface area contributed by atoms with Crippen LogP contribution in [0.1, 0.15) is 29.7 Å².